The topological polar surface area (TPSA) is 71.1 Å². The fraction of sp³-hybridized carbons (Fsp3) is 0.273. The third-order valence-corrected chi connectivity index (χ3v) is 4.57. The number of ether oxygens (including phenoxy) is 4. The Labute approximate surface area is 163 Å². The van der Waals surface area contributed by atoms with E-state index >= 15 is 0 Å². The fourth-order valence-electron chi connectivity index (χ4n) is 3.03. The van der Waals surface area contributed by atoms with Crippen LogP contribution in [0.4, 0.5) is 0 Å². The molecule has 0 aromatic heterocycles. The molecule has 1 aliphatic heterocycles. The maximum atomic E-state index is 12.0. The Kier molecular flexibility index (Phi) is 5.92. The molecule has 1 aliphatic rings. The molecule has 3 rings (SSSR count). The van der Waals surface area contributed by atoms with Crippen LogP contribution in [-0.4, -0.2) is 39.4 Å². The van der Waals surface area contributed by atoms with Crippen LogP contribution in [0.5, 0.6) is 0 Å². The van der Waals surface area contributed by atoms with Crippen LogP contribution in [-0.2, 0) is 24.7 Å². The van der Waals surface area contributed by atoms with Gasteiger partial charge in [0.1, 0.15) is 0 Å². The number of hydrogen-bond donors (Lipinski definition) is 0. The van der Waals surface area contributed by atoms with Crippen molar-refractivity contribution in [2.45, 2.75) is 12.7 Å². The molecule has 0 N–H and O–H groups in total. The third kappa shape index (κ3) is 4.13. The Morgan fingerprint density at radius 1 is 0.893 bits per heavy atom. The van der Waals surface area contributed by atoms with Gasteiger partial charge in [-0.2, -0.15) is 0 Å². The minimum atomic E-state index is -0.732. The number of carbonyl (C=O) groups excluding carboxylic acids is 2. The lowest BCUT2D eigenvalue weighted by Gasteiger charge is -2.22. The maximum absolute atomic E-state index is 12.0. The molecule has 1 saturated heterocycles. The van der Waals surface area contributed by atoms with E-state index in [-0.39, 0.29) is 11.1 Å². The zero-order valence-corrected chi connectivity index (χ0v) is 16.1. The van der Waals surface area contributed by atoms with E-state index < -0.39 is 17.7 Å². The first-order valence-electron chi connectivity index (χ1n) is 8.84. The molecule has 1 heterocycles. The summed E-state index contributed by atoms with van der Waals surface area (Å²) in [6.07, 6.45) is 3.77. The number of esters is 2. The van der Waals surface area contributed by atoms with Crippen LogP contribution >= 0.6 is 0 Å². The van der Waals surface area contributed by atoms with Gasteiger partial charge in [-0.3, -0.25) is 0 Å². The zero-order valence-electron chi connectivity index (χ0n) is 16.1. The van der Waals surface area contributed by atoms with Crippen molar-refractivity contribution >= 4 is 24.1 Å². The van der Waals surface area contributed by atoms with Gasteiger partial charge in [0, 0.05) is 5.56 Å². The highest BCUT2D eigenvalue weighted by molar-refractivity contribution is 6.03. The quantitative estimate of drug-likeness (QED) is 0.581. The Morgan fingerprint density at radius 2 is 1.50 bits per heavy atom. The van der Waals surface area contributed by atoms with E-state index in [0.717, 1.165) is 16.7 Å². The van der Waals surface area contributed by atoms with E-state index in [4.69, 9.17) is 18.9 Å². The lowest BCUT2D eigenvalue weighted by molar-refractivity contribution is -0.149. The molecule has 0 spiro atoms. The normalized spacial score (nSPS) is 15.5. The van der Waals surface area contributed by atoms with Gasteiger partial charge in [-0.15, -0.1) is 0 Å². The van der Waals surface area contributed by atoms with Gasteiger partial charge in [-0.05, 0) is 36.2 Å². The van der Waals surface area contributed by atoms with Gasteiger partial charge in [0.05, 0.1) is 38.6 Å². The largest absolute Gasteiger partial charge is 0.465 e. The minimum absolute atomic E-state index is 0.158. The molecule has 0 radical (unpaired) electrons. The van der Waals surface area contributed by atoms with Crippen LogP contribution in [0, 0.1) is 0 Å². The summed E-state index contributed by atoms with van der Waals surface area (Å²) in [5, 5.41) is 0. The lowest BCUT2D eigenvalue weighted by Crippen LogP contribution is -2.22. The van der Waals surface area contributed by atoms with E-state index in [0.29, 0.717) is 13.2 Å². The summed E-state index contributed by atoms with van der Waals surface area (Å²) in [7, 11) is 2.54. The molecule has 6 nitrogen and oxygen atoms in total. The Bertz CT molecular complexity index is 909. The van der Waals surface area contributed by atoms with Crippen molar-refractivity contribution in [1.82, 2.24) is 0 Å². The van der Waals surface area contributed by atoms with Crippen molar-refractivity contribution in [1.29, 1.82) is 0 Å². The summed E-state index contributed by atoms with van der Waals surface area (Å²) in [5.74, 6) is -1.92. The highest BCUT2D eigenvalue weighted by Gasteiger charge is 2.32. The number of carbonyl (C=O) groups is 2. The Balaban J connectivity index is 1.88. The van der Waals surface area contributed by atoms with Gasteiger partial charge < -0.3 is 18.9 Å². The lowest BCUT2D eigenvalue weighted by atomic mass is 10.0. The molecule has 0 aliphatic carbocycles. The first-order valence-corrected chi connectivity index (χ1v) is 8.84. The summed E-state index contributed by atoms with van der Waals surface area (Å²) in [4.78, 5) is 23.9. The van der Waals surface area contributed by atoms with Crippen molar-refractivity contribution in [2.75, 3.05) is 27.4 Å². The van der Waals surface area contributed by atoms with E-state index in [1.165, 1.54) is 14.2 Å². The van der Waals surface area contributed by atoms with Gasteiger partial charge in [-0.25, -0.2) is 9.59 Å². The number of rotatable bonds is 5. The van der Waals surface area contributed by atoms with Crippen LogP contribution in [0.1, 0.15) is 44.3 Å². The molecule has 2 aromatic carbocycles. The van der Waals surface area contributed by atoms with Gasteiger partial charge in [-0.1, -0.05) is 36.4 Å². The number of methoxy groups -OCH3 is 2. The minimum Gasteiger partial charge on any atom is -0.465 e. The first kappa shape index (κ1) is 19.8. The van der Waals surface area contributed by atoms with Crippen molar-refractivity contribution in [3.63, 3.8) is 0 Å². The molecule has 28 heavy (non-hydrogen) atoms. The monoisotopic (exact) mass is 382 g/mol. The maximum Gasteiger partial charge on any atom is 0.338 e. The van der Waals surface area contributed by atoms with Crippen molar-refractivity contribution < 1.29 is 28.5 Å². The Hall–Kier alpha value is -2.96. The predicted octanol–water partition coefficient (Wildman–Crippen LogP) is 3.65. The molecule has 6 heteroatoms. The van der Waals surface area contributed by atoms with E-state index in [2.05, 4.69) is 0 Å². The van der Waals surface area contributed by atoms with Gasteiger partial charge in [0.2, 0.25) is 0 Å². The second-order valence-corrected chi connectivity index (χ2v) is 6.39. The van der Waals surface area contributed by atoms with Gasteiger partial charge >= 0.3 is 11.9 Å². The van der Waals surface area contributed by atoms with E-state index in [1.54, 1.807) is 18.2 Å². The zero-order chi connectivity index (χ0) is 20.1. The van der Waals surface area contributed by atoms with Crippen molar-refractivity contribution in [3.05, 3.63) is 70.3 Å². The standard InChI is InChI=1S/C22H22O6/c1-22(27-11-12-28-22)17-6-4-5-15(13-17)7-8-16-9-10-18(20(23)25-2)19(14-16)21(24)26-3/h4-10,13-14H,11-12H2,1-3H3/b8-7+. The van der Waals surface area contributed by atoms with Crippen LogP contribution in [0.2, 0.25) is 0 Å². The highest BCUT2D eigenvalue weighted by Crippen LogP contribution is 2.31. The average Bonchev–Trinajstić information content (AvgIpc) is 3.19. The summed E-state index contributed by atoms with van der Waals surface area (Å²) >= 11 is 0. The summed E-state index contributed by atoms with van der Waals surface area (Å²) in [6.45, 7) is 3.04. The van der Waals surface area contributed by atoms with Crippen LogP contribution in [0.3, 0.4) is 0 Å². The summed E-state index contributed by atoms with van der Waals surface area (Å²) in [5.41, 5.74) is 2.96. The predicted molar refractivity (Wildman–Crippen MR) is 104 cm³/mol. The third-order valence-electron chi connectivity index (χ3n) is 4.57. The highest BCUT2D eigenvalue weighted by atomic mass is 16.7. The molecular weight excluding hydrogens is 360 g/mol. The number of benzene rings is 2. The molecule has 0 bridgehead atoms. The molecule has 0 amide bonds. The molecule has 0 saturated carbocycles. The molecule has 0 unspecified atom stereocenters. The summed E-state index contributed by atoms with van der Waals surface area (Å²) in [6, 6.07) is 12.7. The van der Waals surface area contributed by atoms with Crippen molar-refractivity contribution in [2.24, 2.45) is 0 Å². The molecule has 2 aromatic rings. The van der Waals surface area contributed by atoms with E-state index in [1.807, 2.05) is 43.3 Å². The number of hydrogen-bond acceptors (Lipinski definition) is 6. The smallest absolute Gasteiger partial charge is 0.338 e. The van der Waals surface area contributed by atoms with Gasteiger partial charge in [0.25, 0.3) is 0 Å². The van der Waals surface area contributed by atoms with Crippen molar-refractivity contribution in [3.8, 4) is 0 Å². The SMILES string of the molecule is COC(=O)c1ccc(/C=C/c2cccc(C3(C)OCCO3)c2)cc1C(=O)OC. The molecular formula is C22H22O6. The van der Waals surface area contributed by atoms with Crippen LogP contribution in [0.25, 0.3) is 12.2 Å². The fourth-order valence-corrected chi connectivity index (χ4v) is 3.03. The average molecular weight is 382 g/mol. The second kappa shape index (κ2) is 8.37. The molecule has 0 atom stereocenters. The first-order chi connectivity index (χ1) is 13.5. The van der Waals surface area contributed by atoms with E-state index in [9.17, 15) is 9.59 Å². The van der Waals surface area contributed by atoms with Gasteiger partial charge in [0.15, 0.2) is 5.79 Å². The summed E-state index contributed by atoms with van der Waals surface area (Å²) < 4.78 is 20.9. The molecule has 146 valence electrons. The van der Waals surface area contributed by atoms with Crippen LogP contribution in [0.15, 0.2) is 42.5 Å². The Morgan fingerprint density at radius 3 is 2.14 bits per heavy atom. The second-order valence-electron chi connectivity index (χ2n) is 6.39. The van der Waals surface area contributed by atoms with Crippen LogP contribution < -0.4 is 0 Å². The molecule has 1 fully saturated rings.